The molecule has 0 saturated carbocycles. The molecule has 0 bridgehead atoms. The summed E-state index contributed by atoms with van der Waals surface area (Å²) < 4.78 is 63.6. The van der Waals surface area contributed by atoms with E-state index >= 15 is 0 Å². The summed E-state index contributed by atoms with van der Waals surface area (Å²) >= 11 is 5.72. The van der Waals surface area contributed by atoms with Gasteiger partial charge in [0.25, 0.3) is 0 Å². The number of benzene rings is 1. The topological polar surface area (TPSA) is 58.2 Å². The molecule has 2 N–H and O–H groups in total. The lowest BCUT2D eigenvalue weighted by atomic mass is 10.2. The van der Waals surface area contributed by atoms with E-state index < -0.39 is 21.8 Å². The molecule has 1 saturated heterocycles. The largest absolute Gasteiger partial charge is 0.416 e. The van der Waals surface area contributed by atoms with Crippen molar-refractivity contribution in [2.24, 2.45) is 0 Å². The summed E-state index contributed by atoms with van der Waals surface area (Å²) in [4.78, 5) is 0. The molecule has 1 aromatic carbocycles. The van der Waals surface area contributed by atoms with E-state index in [9.17, 15) is 21.6 Å². The van der Waals surface area contributed by atoms with Crippen LogP contribution < -0.4 is 10.0 Å². The maximum absolute atomic E-state index is 12.5. The van der Waals surface area contributed by atoms with E-state index in [1.54, 1.807) is 0 Å². The molecule has 0 aromatic heterocycles. The van der Waals surface area contributed by atoms with Crippen LogP contribution in [0.15, 0.2) is 18.2 Å². The second-order valence-electron chi connectivity index (χ2n) is 4.87. The molecule has 4 nitrogen and oxygen atoms in total. The molecule has 21 heavy (non-hydrogen) atoms. The van der Waals surface area contributed by atoms with Gasteiger partial charge in [0.15, 0.2) is 0 Å². The molecule has 1 fully saturated rings. The first-order valence-electron chi connectivity index (χ1n) is 6.28. The molecule has 0 aliphatic carbocycles. The minimum atomic E-state index is -4.52. The summed E-state index contributed by atoms with van der Waals surface area (Å²) in [7, 11) is -3.67. The molecule has 9 heteroatoms. The van der Waals surface area contributed by atoms with Crippen molar-refractivity contribution in [3.63, 3.8) is 0 Å². The van der Waals surface area contributed by atoms with Gasteiger partial charge in [0.05, 0.1) is 22.0 Å². The first kappa shape index (κ1) is 16.4. The van der Waals surface area contributed by atoms with Gasteiger partial charge in [-0.05, 0) is 37.6 Å². The fourth-order valence-corrected chi connectivity index (χ4v) is 3.84. The molecule has 1 heterocycles. The molecule has 1 aromatic rings. The van der Waals surface area contributed by atoms with Gasteiger partial charge in [-0.15, -0.1) is 0 Å². The van der Waals surface area contributed by atoms with E-state index in [0.717, 1.165) is 31.5 Å². The van der Waals surface area contributed by atoms with Gasteiger partial charge in [-0.3, -0.25) is 4.72 Å². The van der Waals surface area contributed by atoms with Crippen LogP contribution in [0.25, 0.3) is 0 Å². The lowest BCUT2D eigenvalue weighted by Gasteiger charge is -2.14. The normalized spacial score (nSPS) is 19.7. The zero-order valence-electron chi connectivity index (χ0n) is 10.9. The van der Waals surface area contributed by atoms with Gasteiger partial charge in [-0.25, -0.2) is 8.42 Å². The SMILES string of the molecule is O=S(=O)(CC1CCCN1)Nc1ccc(C(F)(F)F)cc1Cl. The molecule has 2 rings (SSSR count). The van der Waals surface area contributed by atoms with Crippen molar-refractivity contribution in [3.8, 4) is 0 Å². The van der Waals surface area contributed by atoms with Crippen LogP contribution in [0, 0.1) is 0 Å². The van der Waals surface area contributed by atoms with Gasteiger partial charge in [0, 0.05) is 6.04 Å². The number of hydrogen-bond donors (Lipinski definition) is 2. The van der Waals surface area contributed by atoms with Crippen molar-refractivity contribution in [2.75, 3.05) is 17.0 Å². The zero-order valence-corrected chi connectivity index (χ0v) is 12.4. The number of hydrogen-bond acceptors (Lipinski definition) is 3. The minimum absolute atomic E-state index is 0.0531. The van der Waals surface area contributed by atoms with Crippen LogP contribution in [0.5, 0.6) is 0 Å². The quantitative estimate of drug-likeness (QED) is 0.884. The van der Waals surface area contributed by atoms with E-state index in [1.165, 1.54) is 0 Å². The van der Waals surface area contributed by atoms with Crippen molar-refractivity contribution in [1.82, 2.24) is 5.32 Å². The lowest BCUT2D eigenvalue weighted by Crippen LogP contribution is -2.32. The predicted molar refractivity (Wildman–Crippen MR) is 74.9 cm³/mol. The molecule has 0 spiro atoms. The van der Waals surface area contributed by atoms with Crippen molar-refractivity contribution in [1.29, 1.82) is 0 Å². The van der Waals surface area contributed by atoms with Crippen LogP contribution in [-0.4, -0.2) is 26.8 Å². The molecule has 1 atom stereocenters. The van der Waals surface area contributed by atoms with Crippen molar-refractivity contribution < 1.29 is 21.6 Å². The van der Waals surface area contributed by atoms with Gasteiger partial charge in [-0.1, -0.05) is 11.6 Å². The van der Waals surface area contributed by atoms with Crippen LogP contribution in [0.3, 0.4) is 0 Å². The van der Waals surface area contributed by atoms with Crippen molar-refractivity contribution in [2.45, 2.75) is 25.1 Å². The summed E-state index contributed by atoms with van der Waals surface area (Å²) in [5, 5.41) is 2.76. The van der Waals surface area contributed by atoms with Crippen LogP contribution in [0.2, 0.25) is 5.02 Å². The minimum Gasteiger partial charge on any atom is -0.313 e. The fourth-order valence-electron chi connectivity index (χ4n) is 2.15. The highest BCUT2D eigenvalue weighted by molar-refractivity contribution is 7.92. The Hall–Kier alpha value is -0.990. The molecular formula is C12H14ClF3N2O2S. The Morgan fingerprint density at radius 1 is 1.38 bits per heavy atom. The summed E-state index contributed by atoms with van der Waals surface area (Å²) in [6.07, 6.45) is -2.86. The van der Waals surface area contributed by atoms with Gasteiger partial charge >= 0.3 is 6.18 Å². The summed E-state index contributed by atoms with van der Waals surface area (Å²) in [5.74, 6) is -0.135. The Morgan fingerprint density at radius 2 is 2.10 bits per heavy atom. The molecule has 0 amide bonds. The summed E-state index contributed by atoms with van der Waals surface area (Å²) in [6, 6.07) is 2.37. The number of rotatable bonds is 4. The fraction of sp³-hybridized carbons (Fsp3) is 0.500. The second-order valence-corrected chi connectivity index (χ2v) is 7.04. The number of sulfonamides is 1. The summed E-state index contributed by atoms with van der Waals surface area (Å²) in [5.41, 5.74) is -0.976. The molecular weight excluding hydrogens is 329 g/mol. The predicted octanol–water partition coefficient (Wildman–Crippen LogP) is 2.85. The number of halogens is 4. The number of anilines is 1. The highest BCUT2D eigenvalue weighted by Crippen LogP contribution is 2.34. The number of alkyl halides is 3. The maximum Gasteiger partial charge on any atom is 0.416 e. The zero-order chi connectivity index (χ0) is 15.7. The van der Waals surface area contributed by atoms with Crippen LogP contribution in [0.4, 0.5) is 18.9 Å². The molecule has 1 aliphatic heterocycles. The first-order chi connectivity index (χ1) is 9.67. The highest BCUT2D eigenvalue weighted by atomic mass is 35.5. The lowest BCUT2D eigenvalue weighted by molar-refractivity contribution is -0.137. The Bertz CT molecular complexity index is 613. The Labute approximate surface area is 125 Å². The van der Waals surface area contributed by atoms with Gasteiger partial charge in [0.2, 0.25) is 10.0 Å². The smallest absolute Gasteiger partial charge is 0.313 e. The van der Waals surface area contributed by atoms with E-state index in [-0.39, 0.29) is 22.5 Å². The third-order valence-electron chi connectivity index (χ3n) is 3.14. The van der Waals surface area contributed by atoms with Crippen molar-refractivity contribution >= 4 is 27.3 Å². The van der Waals surface area contributed by atoms with Crippen LogP contribution in [0.1, 0.15) is 18.4 Å². The van der Waals surface area contributed by atoms with Crippen molar-refractivity contribution in [3.05, 3.63) is 28.8 Å². The van der Waals surface area contributed by atoms with Crippen LogP contribution >= 0.6 is 11.6 Å². The molecule has 1 aliphatic rings. The second kappa shape index (κ2) is 6.02. The average molecular weight is 343 g/mol. The summed E-state index contributed by atoms with van der Waals surface area (Å²) in [6.45, 7) is 0.765. The van der Waals surface area contributed by atoms with E-state index in [0.29, 0.717) is 6.07 Å². The monoisotopic (exact) mass is 342 g/mol. The highest BCUT2D eigenvalue weighted by Gasteiger charge is 2.31. The first-order valence-corrected chi connectivity index (χ1v) is 8.31. The molecule has 118 valence electrons. The Morgan fingerprint density at radius 3 is 2.62 bits per heavy atom. The molecule has 0 radical (unpaired) electrons. The maximum atomic E-state index is 12.5. The third-order valence-corrected chi connectivity index (χ3v) is 4.83. The standard InChI is InChI=1S/C12H14ClF3N2O2S/c13-10-6-8(12(14,15)16)3-4-11(10)18-21(19,20)7-9-2-1-5-17-9/h3-4,6,9,17-18H,1-2,5,7H2. The Balaban J connectivity index is 2.11. The average Bonchev–Trinajstić information content (AvgIpc) is 2.82. The Kier molecular flexibility index (Phi) is 4.69. The van der Waals surface area contributed by atoms with E-state index in [4.69, 9.17) is 11.6 Å². The van der Waals surface area contributed by atoms with Gasteiger partial charge in [-0.2, -0.15) is 13.2 Å². The van der Waals surface area contributed by atoms with Crippen LogP contribution in [-0.2, 0) is 16.2 Å². The third kappa shape index (κ3) is 4.49. The number of nitrogens with one attached hydrogen (secondary N) is 2. The van der Waals surface area contributed by atoms with Gasteiger partial charge < -0.3 is 5.32 Å². The van der Waals surface area contributed by atoms with E-state index in [1.807, 2.05) is 0 Å². The van der Waals surface area contributed by atoms with Gasteiger partial charge in [0.1, 0.15) is 0 Å². The van der Waals surface area contributed by atoms with E-state index in [2.05, 4.69) is 10.0 Å². The molecule has 1 unspecified atom stereocenters.